The fraction of sp³-hybridized carbons (Fsp3) is 0.357. The summed E-state index contributed by atoms with van der Waals surface area (Å²) in [5.74, 6) is 0.661. The number of hydrogen-bond donors (Lipinski definition) is 3. The summed E-state index contributed by atoms with van der Waals surface area (Å²) in [6.45, 7) is 1.21. The van der Waals surface area contributed by atoms with Gasteiger partial charge >= 0.3 is 0 Å². The van der Waals surface area contributed by atoms with Gasteiger partial charge in [0.05, 0.1) is 23.8 Å². The molecule has 104 valence electrons. The van der Waals surface area contributed by atoms with E-state index in [9.17, 15) is 9.59 Å². The van der Waals surface area contributed by atoms with Gasteiger partial charge in [-0.3, -0.25) is 9.59 Å². The highest BCUT2D eigenvalue weighted by molar-refractivity contribution is 5.94. The zero-order valence-electron chi connectivity index (χ0n) is 11.0. The van der Waals surface area contributed by atoms with Crippen LogP contribution in [0, 0.1) is 5.92 Å². The molecular weight excluding hydrogens is 256 g/mol. The van der Waals surface area contributed by atoms with E-state index in [2.05, 4.69) is 20.6 Å². The van der Waals surface area contributed by atoms with E-state index in [1.807, 2.05) is 0 Å². The van der Waals surface area contributed by atoms with Crippen LogP contribution < -0.4 is 16.2 Å². The maximum atomic E-state index is 11.8. The van der Waals surface area contributed by atoms with E-state index >= 15 is 0 Å². The van der Waals surface area contributed by atoms with Gasteiger partial charge in [0.1, 0.15) is 0 Å². The Balaban J connectivity index is 1.64. The molecule has 0 unspecified atom stereocenters. The second-order valence-corrected chi connectivity index (χ2v) is 5.09. The average molecular weight is 272 g/mol. The van der Waals surface area contributed by atoms with E-state index in [-0.39, 0.29) is 11.5 Å². The Morgan fingerprint density at radius 1 is 1.40 bits per heavy atom. The third-order valence-electron chi connectivity index (χ3n) is 3.34. The molecule has 1 aromatic carbocycles. The Kier molecular flexibility index (Phi) is 3.47. The van der Waals surface area contributed by atoms with E-state index in [0.29, 0.717) is 23.1 Å². The van der Waals surface area contributed by atoms with Crippen LogP contribution in [-0.4, -0.2) is 29.0 Å². The minimum absolute atomic E-state index is 0.0881. The monoisotopic (exact) mass is 272 g/mol. The number of aromatic amines is 1. The van der Waals surface area contributed by atoms with Crippen molar-refractivity contribution < 1.29 is 4.79 Å². The maximum Gasteiger partial charge on any atom is 0.258 e. The highest BCUT2D eigenvalue weighted by Crippen LogP contribution is 2.27. The molecule has 1 heterocycles. The minimum atomic E-state index is -0.182. The predicted molar refractivity (Wildman–Crippen MR) is 76.6 cm³/mol. The quantitative estimate of drug-likeness (QED) is 0.753. The number of rotatable bonds is 5. The van der Waals surface area contributed by atoms with Crippen LogP contribution in [0.4, 0.5) is 5.69 Å². The Morgan fingerprint density at radius 3 is 3.05 bits per heavy atom. The number of hydrogen-bond acceptors (Lipinski definition) is 4. The van der Waals surface area contributed by atoms with E-state index < -0.39 is 0 Å². The van der Waals surface area contributed by atoms with Crippen LogP contribution in [0.3, 0.4) is 0 Å². The summed E-state index contributed by atoms with van der Waals surface area (Å²) >= 11 is 0. The summed E-state index contributed by atoms with van der Waals surface area (Å²) in [4.78, 5) is 29.9. The lowest BCUT2D eigenvalue weighted by atomic mass is 10.2. The summed E-state index contributed by atoms with van der Waals surface area (Å²) in [5.41, 5.74) is 1.03. The number of H-pyrrole nitrogens is 1. The minimum Gasteiger partial charge on any atom is -0.325 e. The first-order chi connectivity index (χ1) is 9.72. The molecule has 2 aromatic rings. The Morgan fingerprint density at radius 2 is 2.25 bits per heavy atom. The van der Waals surface area contributed by atoms with Crippen molar-refractivity contribution in [3.63, 3.8) is 0 Å². The third-order valence-corrected chi connectivity index (χ3v) is 3.34. The number of amides is 1. The van der Waals surface area contributed by atoms with Gasteiger partial charge in [-0.25, -0.2) is 4.98 Å². The molecule has 0 saturated heterocycles. The SMILES string of the molecule is O=C(CNCC1CC1)Nc1ccc2c(=O)[nH]cnc2c1. The number of carbonyl (C=O) groups is 1. The van der Waals surface area contributed by atoms with E-state index in [1.54, 1.807) is 18.2 Å². The average Bonchev–Trinajstić information content (AvgIpc) is 3.23. The lowest BCUT2D eigenvalue weighted by Gasteiger charge is -2.07. The molecule has 20 heavy (non-hydrogen) atoms. The molecule has 1 aromatic heterocycles. The zero-order chi connectivity index (χ0) is 13.9. The van der Waals surface area contributed by atoms with Crippen molar-refractivity contribution in [2.45, 2.75) is 12.8 Å². The van der Waals surface area contributed by atoms with Crippen LogP contribution in [0.15, 0.2) is 29.3 Å². The van der Waals surface area contributed by atoms with Crippen LogP contribution in [-0.2, 0) is 4.79 Å². The molecule has 6 nitrogen and oxygen atoms in total. The summed E-state index contributed by atoms with van der Waals surface area (Å²) in [6.07, 6.45) is 3.88. The van der Waals surface area contributed by atoms with Gasteiger partial charge in [-0.15, -0.1) is 0 Å². The topological polar surface area (TPSA) is 86.9 Å². The number of aromatic nitrogens is 2. The van der Waals surface area contributed by atoms with Gasteiger partial charge in [-0.1, -0.05) is 0 Å². The standard InChI is InChI=1S/C14H16N4O2/c19-13(7-15-6-9-1-2-9)18-10-3-4-11-12(5-10)16-8-17-14(11)20/h3-5,8-9,15H,1-2,6-7H2,(H,18,19)(H,16,17,20). The first-order valence-corrected chi connectivity index (χ1v) is 6.70. The Bertz CT molecular complexity index is 691. The van der Waals surface area contributed by atoms with Crippen LogP contribution in [0.5, 0.6) is 0 Å². The molecule has 1 saturated carbocycles. The zero-order valence-corrected chi connectivity index (χ0v) is 11.0. The fourth-order valence-electron chi connectivity index (χ4n) is 2.06. The van der Waals surface area contributed by atoms with Crippen molar-refractivity contribution in [2.75, 3.05) is 18.4 Å². The van der Waals surface area contributed by atoms with E-state index in [4.69, 9.17) is 0 Å². The molecule has 3 rings (SSSR count). The van der Waals surface area contributed by atoms with Crippen LogP contribution in [0.1, 0.15) is 12.8 Å². The van der Waals surface area contributed by atoms with Crippen molar-refractivity contribution in [2.24, 2.45) is 5.92 Å². The molecule has 0 bridgehead atoms. The lowest BCUT2D eigenvalue weighted by molar-refractivity contribution is -0.115. The number of carbonyl (C=O) groups excluding carboxylic acids is 1. The van der Waals surface area contributed by atoms with Gasteiger partial charge in [0, 0.05) is 5.69 Å². The largest absolute Gasteiger partial charge is 0.325 e. The van der Waals surface area contributed by atoms with Gasteiger partial charge < -0.3 is 15.6 Å². The summed E-state index contributed by atoms with van der Waals surface area (Å²) < 4.78 is 0. The summed E-state index contributed by atoms with van der Waals surface area (Å²) in [7, 11) is 0. The lowest BCUT2D eigenvalue weighted by Crippen LogP contribution is -2.29. The van der Waals surface area contributed by atoms with E-state index in [1.165, 1.54) is 19.2 Å². The van der Waals surface area contributed by atoms with Crippen molar-refractivity contribution in [3.8, 4) is 0 Å². The smallest absolute Gasteiger partial charge is 0.258 e. The highest BCUT2D eigenvalue weighted by Gasteiger charge is 2.20. The summed E-state index contributed by atoms with van der Waals surface area (Å²) in [6, 6.07) is 5.07. The van der Waals surface area contributed by atoms with E-state index in [0.717, 1.165) is 12.5 Å². The molecule has 3 N–H and O–H groups in total. The van der Waals surface area contributed by atoms with Crippen molar-refractivity contribution in [3.05, 3.63) is 34.9 Å². The third kappa shape index (κ3) is 3.03. The van der Waals surface area contributed by atoms with Crippen molar-refractivity contribution in [1.82, 2.24) is 15.3 Å². The Labute approximate surface area is 115 Å². The molecule has 0 aliphatic heterocycles. The van der Waals surface area contributed by atoms with Gasteiger partial charge in [-0.2, -0.15) is 0 Å². The molecule has 1 amide bonds. The molecule has 0 radical (unpaired) electrons. The molecule has 0 atom stereocenters. The van der Waals surface area contributed by atoms with Crippen LogP contribution >= 0.6 is 0 Å². The normalized spacial score (nSPS) is 14.4. The number of nitrogens with one attached hydrogen (secondary N) is 3. The van der Waals surface area contributed by atoms with Crippen LogP contribution in [0.2, 0.25) is 0 Å². The first kappa shape index (κ1) is 12.8. The number of benzene rings is 1. The van der Waals surface area contributed by atoms with Gasteiger partial charge in [-0.05, 0) is 43.5 Å². The molecular formula is C14H16N4O2. The van der Waals surface area contributed by atoms with Crippen LogP contribution in [0.25, 0.3) is 10.9 Å². The molecule has 1 aliphatic rings. The summed E-state index contributed by atoms with van der Waals surface area (Å²) in [5, 5.41) is 6.44. The molecule has 1 fully saturated rings. The maximum absolute atomic E-state index is 11.8. The van der Waals surface area contributed by atoms with Gasteiger partial charge in [0.15, 0.2) is 0 Å². The Hall–Kier alpha value is -2.21. The predicted octanol–water partition coefficient (Wildman–Crippen LogP) is 0.861. The number of anilines is 1. The molecule has 1 aliphatic carbocycles. The second-order valence-electron chi connectivity index (χ2n) is 5.09. The number of fused-ring (bicyclic) bond motifs is 1. The second kappa shape index (κ2) is 5.42. The van der Waals surface area contributed by atoms with Gasteiger partial charge in [0.25, 0.3) is 5.56 Å². The highest BCUT2D eigenvalue weighted by atomic mass is 16.2. The number of nitrogens with zero attached hydrogens (tertiary/aromatic N) is 1. The fourth-order valence-corrected chi connectivity index (χ4v) is 2.06. The van der Waals surface area contributed by atoms with Crippen molar-refractivity contribution in [1.29, 1.82) is 0 Å². The first-order valence-electron chi connectivity index (χ1n) is 6.70. The van der Waals surface area contributed by atoms with Gasteiger partial charge in [0.2, 0.25) is 5.91 Å². The van der Waals surface area contributed by atoms with Crippen molar-refractivity contribution >= 4 is 22.5 Å². The molecule has 6 heteroatoms. The molecule has 0 spiro atoms.